The molecule has 0 aliphatic carbocycles. The molecule has 1 aromatic heterocycles. The van der Waals surface area contributed by atoms with E-state index in [1.54, 1.807) is 12.1 Å². The molecule has 0 spiro atoms. The molecule has 1 N–H and O–H groups in total. The molecule has 1 aliphatic rings. The quantitative estimate of drug-likeness (QED) is 0.686. The van der Waals surface area contributed by atoms with Crippen LogP contribution >= 0.6 is 0 Å². The van der Waals surface area contributed by atoms with Gasteiger partial charge in [-0.25, -0.2) is 4.39 Å². The number of Topliss-reactive ketones (excluding diaryl/α,β-unsaturated/α-hetero) is 1. The number of benzene rings is 2. The topological polar surface area (TPSA) is 52.5 Å². The van der Waals surface area contributed by atoms with Crippen LogP contribution in [0.15, 0.2) is 48.5 Å². The van der Waals surface area contributed by atoms with Gasteiger partial charge in [-0.15, -0.1) is 0 Å². The van der Waals surface area contributed by atoms with Gasteiger partial charge in [0, 0.05) is 34.4 Å². The van der Waals surface area contributed by atoms with Crippen molar-refractivity contribution in [1.29, 1.82) is 0 Å². The van der Waals surface area contributed by atoms with E-state index in [1.807, 2.05) is 42.7 Å². The number of hydrogen-bond donors (Lipinski definition) is 1. The molecule has 4 rings (SSSR count). The Labute approximate surface area is 156 Å². The van der Waals surface area contributed by atoms with Crippen LogP contribution in [0.2, 0.25) is 0 Å². The molecule has 6 heteroatoms. The highest BCUT2D eigenvalue weighted by molar-refractivity contribution is 6.00. The van der Waals surface area contributed by atoms with E-state index in [1.165, 1.54) is 12.1 Å². The number of carbonyl (C=O) groups excluding carboxylic acids is 1. The van der Waals surface area contributed by atoms with Gasteiger partial charge in [0.25, 0.3) is 0 Å². The van der Waals surface area contributed by atoms with E-state index in [-0.39, 0.29) is 24.9 Å². The largest absolute Gasteiger partial charge is 0.454 e. The summed E-state index contributed by atoms with van der Waals surface area (Å²) in [6, 6.07) is 13.6. The van der Waals surface area contributed by atoms with Crippen molar-refractivity contribution in [3.05, 3.63) is 71.3 Å². The first-order chi connectivity index (χ1) is 13.0. The number of nitrogens with one attached hydrogen (secondary N) is 1. The van der Waals surface area contributed by atoms with E-state index in [0.717, 1.165) is 22.8 Å². The predicted molar refractivity (Wildman–Crippen MR) is 101 cm³/mol. The van der Waals surface area contributed by atoms with Gasteiger partial charge in [0.2, 0.25) is 6.79 Å². The summed E-state index contributed by atoms with van der Waals surface area (Å²) in [7, 11) is 0. The summed E-state index contributed by atoms with van der Waals surface area (Å²) in [5, 5.41) is 3.13. The fraction of sp³-hybridized carbons (Fsp3) is 0.190. The normalized spacial score (nSPS) is 12.3. The van der Waals surface area contributed by atoms with Crippen molar-refractivity contribution in [2.75, 3.05) is 18.7 Å². The number of ketones is 1. The minimum atomic E-state index is -0.287. The zero-order chi connectivity index (χ0) is 19.0. The lowest BCUT2D eigenvalue weighted by atomic mass is 10.1. The van der Waals surface area contributed by atoms with E-state index in [4.69, 9.17) is 9.47 Å². The fourth-order valence-corrected chi connectivity index (χ4v) is 3.32. The molecule has 0 fully saturated rings. The maximum Gasteiger partial charge on any atom is 0.231 e. The van der Waals surface area contributed by atoms with Crippen LogP contribution in [0.25, 0.3) is 5.69 Å². The molecule has 1 aliphatic heterocycles. The third-order valence-electron chi connectivity index (χ3n) is 4.64. The van der Waals surface area contributed by atoms with Crippen LogP contribution in [0.3, 0.4) is 0 Å². The smallest absolute Gasteiger partial charge is 0.231 e. The molecule has 2 heterocycles. The average Bonchev–Trinajstić information content (AvgIpc) is 3.24. The van der Waals surface area contributed by atoms with Crippen LogP contribution in [-0.2, 0) is 0 Å². The predicted octanol–water partition coefficient (Wildman–Crippen LogP) is 4.26. The number of carbonyl (C=O) groups is 1. The molecule has 5 nitrogen and oxygen atoms in total. The van der Waals surface area contributed by atoms with Crippen molar-refractivity contribution in [3.63, 3.8) is 0 Å². The Morgan fingerprint density at radius 3 is 2.59 bits per heavy atom. The summed E-state index contributed by atoms with van der Waals surface area (Å²) in [5.41, 5.74) is 4.02. The fourth-order valence-electron chi connectivity index (χ4n) is 3.32. The lowest BCUT2D eigenvalue weighted by Crippen LogP contribution is -2.14. The average molecular weight is 366 g/mol. The highest BCUT2D eigenvalue weighted by atomic mass is 19.1. The SMILES string of the molecule is Cc1cc(C(=O)CNc2ccc3c(c2)OCO3)c(C)n1-c1ccc(F)cc1. The summed E-state index contributed by atoms with van der Waals surface area (Å²) in [5.74, 6) is 1.07. The van der Waals surface area contributed by atoms with Gasteiger partial charge in [0.15, 0.2) is 17.3 Å². The van der Waals surface area contributed by atoms with Crippen LogP contribution < -0.4 is 14.8 Å². The second-order valence-electron chi connectivity index (χ2n) is 6.44. The third-order valence-corrected chi connectivity index (χ3v) is 4.64. The number of nitrogens with zero attached hydrogens (tertiary/aromatic N) is 1. The summed E-state index contributed by atoms with van der Waals surface area (Å²) in [6.45, 7) is 4.20. The molecule has 0 bridgehead atoms. The van der Waals surface area contributed by atoms with E-state index in [9.17, 15) is 9.18 Å². The molecule has 0 saturated carbocycles. The number of fused-ring (bicyclic) bond motifs is 1. The maximum atomic E-state index is 13.2. The van der Waals surface area contributed by atoms with Crippen molar-refractivity contribution < 1.29 is 18.7 Å². The van der Waals surface area contributed by atoms with Gasteiger partial charge in [-0.2, -0.15) is 0 Å². The van der Waals surface area contributed by atoms with Crippen LogP contribution in [0.1, 0.15) is 21.7 Å². The Morgan fingerprint density at radius 1 is 1.07 bits per heavy atom. The van der Waals surface area contributed by atoms with Gasteiger partial charge in [0.05, 0.1) is 6.54 Å². The van der Waals surface area contributed by atoms with Crippen LogP contribution in [-0.4, -0.2) is 23.7 Å². The summed E-state index contributed by atoms with van der Waals surface area (Å²) in [4.78, 5) is 12.7. The van der Waals surface area contributed by atoms with Crippen molar-refractivity contribution in [2.24, 2.45) is 0 Å². The first-order valence-electron chi connectivity index (χ1n) is 8.64. The van der Waals surface area contributed by atoms with Gasteiger partial charge in [-0.05, 0) is 56.3 Å². The molecule has 3 aromatic rings. The molecule has 27 heavy (non-hydrogen) atoms. The van der Waals surface area contributed by atoms with E-state index in [0.29, 0.717) is 17.1 Å². The number of halogens is 1. The Kier molecular flexibility index (Phi) is 4.32. The van der Waals surface area contributed by atoms with Crippen LogP contribution in [0.4, 0.5) is 10.1 Å². The molecule has 2 aromatic carbocycles. The Balaban J connectivity index is 1.52. The van der Waals surface area contributed by atoms with Gasteiger partial charge in [-0.3, -0.25) is 4.79 Å². The molecule has 138 valence electrons. The van der Waals surface area contributed by atoms with Gasteiger partial charge in [0.1, 0.15) is 5.82 Å². The minimum absolute atomic E-state index is 0.0193. The molecule has 0 amide bonds. The molecule has 0 atom stereocenters. The van der Waals surface area contributed by atoms with Gasteiger partial charge < -0.3 is 19.4 Å². The number of aryl methyl sites for hydroxylation is 1. The van der Waals surface area contributed by atoms with Crippen molar-refractivity contribution in [1.82, 2.24) is 4.57 Å². The standard InChI is InChI=1S/C21H19FN2O3/c1-13-9-18(14(2)24(13)17-6-3-15(22)4-7-17)19(25)11-23-16-5-8-20-21(10-16)27-12-26-20/h3-10,23H,11-12H2,1-2H3. The monoisotopic (exact) mass is 366 g/mol. The number of aromatic nitrogens is 1. The summed E-state index contributed by atoms with van der Waals surface area (Å²) < 4.78 is 25.8. The third kappa shape index (κ3) is 3.26. The van der Waals surface area contributed by atoms with E-state index in [2.05, 4.69) is 5.32 Å². The zero-order valence-corrected chi connectivity index (χ0v) is 15.1. The van der Waals surface area contributed by atoms with E-state index >= 15 is 0 Å². The van der Waals surface area contributed by atoms with Crippen LogP contribution in [0, 0.1) is 19.7 Å². The minimum Gasteiger partial charge on any atom is -0.454 e. The van der Waals surface area contributed by atoms with Crippen molar-refractivity contribution >= 4 is 11.5 Å². The lowest BCUT2D eigenvalue weighted by molar-refractivity contribution is 0.101. The number of hydrogen-bond acceptors (Lipinski definition) is 4. The Hall–Kier alpha value is -3.28. The number of rotatable bonds is 5. The molecular weight excluding hydrogens is 347 g/mol. The lowest BCUT2D eigenvalue weighted by Gasteiger charge is -2.10. The second-order valence-corrected chi connectivity index (χ2v) is 6.44. The first-order valence-corrected chi connectivity index (χ1v) is 8.64. The molecule has 0 radical (unpaired) electrons. The van der Waals surface area contributed by atoms with Crippen molar-refractivity contribution in [2.45, 2.75) is 13.8 Å². The van der Waals surface area contributed by atoms with Crippen LogP contribution in [0.5, 0.6) is 11.5 Å². The van der Waals surface area contributed by atoms with Crippen molar-refractivity contribution in [3.8, 4) is 17.2 Å². The highest BCUT2D eigenvalue weighted by Crippen LogP contribution is 2.34. The molecular formula is C21H19FN2O3. The molecule has 0 unspecified atom stereocenters. The van der Waals surface area contributed by atoms with Gasteiger partial charge >= 0.3 is 0 Å². The highest BCUT2D eigenvalue weighted by Gasteiger charge is 2.17. The maximum absolute atomic E-state index is 13.2. The first kappa shape index (κ1) is 17.1. The second kappa shape index (κ2) is 6.79. The summed E-state index contributed by atoms with van der Waals surface area (Å²) >= 11 is 0. The number of anilines is 1. The zero-order valence-electron chi connectivity index (χ0n) is 15.1. The van der Waals surface area contributed by atoms with E-state index < -0.39 is 0 Å². The molecule has 0 saturated heterocycles. The summed E-state index contributed by atoms with van der Waals surface area (Å²) in [6.07, 6.45) is 0. The van der Waals surface area contributed by atoms with Gasteiger partial charge in [-0.1, -0.05) is 0 Å². The Bertz CT molecular complexity index is 1010. The Morgan fingerprint density at radius 2 is 1.81 bits per heavy atom. The number of ether oxygens (including phenoxy) is 2.